The van der Waals surface area contributed by atoms with Crippen molar-refractivity contribution in [3.8, 4) is 0 Å². The molecule has 1 aromatic heterocycles. The minimum Gasteiger partial charge on any atom is -0.370 e. The predicted molar refractivity (Wildman–Crippen MR) is 89.5 cm³/mol. The van der Waals surface area contributed by atoms with Gasteiger partial charge in [0, 0.05) is 23.2 Å². The van der Waals surface area contributed by atoms with Gasteiger partial charge in [0.05, 0.1) is 9.79 Å². The van der Waals surface area contributed by atoms with E-state index in [9.17, 15) is 13.2 Å². The molecule has 1 heterocycles. The van der Waals surface area contributed by atoms with E-state index in [1.54, 1.807) is 48.5 Å². The Morgan fingerprint density at radius 3 is 2.58 bits per heavy atom. The maximum atomic E-state index is 12.7. The lowest BCUT2D eigenvalue weighted by Gasteiger charge is -2.03. The van der Waals surface area contributed by atoms with E-state index in [0.717, 1.165) is 0 Å². The van der Waals surface area contributed by atoms with E-state index in [2.05, 4.69) is 9.82 Å². The van der Waals surface area contributed by atoms with Gasteiger partial charge < -0.3 is 9.82 Å². The van der Waals surface area contributed by atoms with Gasteiger partial charge in [0.2, 0.25) is 9.84 Å². The van der Waals surface area contributed by atoms with Crippen LogP contribution in [0.25, 0.3) is 17.0 Å². The van der Waals surface area contributed by atoms with Crippen LogP contribution < -0.4 is 5.90 Å². The lowest BCUT2D eigenvalue weighted by Crippen LogP contribution is -2.05. The average molecular weight is 342 g/mol. The Balaban J connectivity index is 2.03. The summed E-state index contributed by atoms with van der Waals surface area (Å²) in [6.45, 7) is 0. The van der Waals surface area contributed by atoms with Crippen LogP contribution in [0.15, 0.2) is 70.6 Å². The van der Waals surface area contributed by atoms with E-state index in [-0.39, 0.29) is 9.79 Å². The number of hydrogen-bond acceptors (Lipinski definition) is 5. The van der Waals surface area contributed by atoms with Gasteiger partial charge in [-0.15, -0.1) is 0 Å². The maximum absolute atomic E-state index is 12.7. The van der Waals surface area contributed by atoms with E-state index in [1.807, 2.05) is 0 Å². The first-order valence-electron chi connectivity index (χ1n) is 7.02. The molecule has 0 saturated carbocycles. The summed E-state index contributed by atoms with van der Waals surface area (Å²) in [6, 6.07) is 13.4. The van der Waals surface area contributed by atoms with Gasteiger partial charge in [0.25, 0.3) is 0 Å². The molecular formula is C17H14N2O4S. The van der Waals surface area contributed by atoms with Gasteiger partial charge in [-0.1, -0.05) is 30.3 Å². The van der Waals surface area contributed by atoms with E-state index >= 15 is 0 Å². The van der Waals surface area contributed by atoms with E-state index in [4.69, 9.17) is 5.90 Å². The topological polar surface area (TPSA) is 102 Å². The third-order valence-corrected chi connectivity index (χ3v) is 5.35. The first kappa shape index (κ1) is 16.0. The number of nitrogens with two attached hydrogens (primary N) is 1. The Labute approximate surface area is 138 Å². The molecular weight excluding hydrogens is 328 g/mol. The normalized spacial score (nSPS) is 11.9. The van der Waals surface area contributed by atoms with Crippen molar-refractivity contribution in [2.75, 3.05) is 0 Å². The molecule has 6 nitrogen and oxygen atoms in total. The zero-order valence-corrected chi connectivity index (χ0v) is 13.3. The molecule has 7 heteroatoms. The van der Waals surface area contributed by atoms with Crippen molar-refractivity contribution in [2.24, 2.45) is 5.90 Å². The number of sulfone groups is 1. The summed E-state index contributed by atoms with van der Waals surface area (Å²) in [5.41, 5.74) is 1.35. The molecule has 0 unspecified atom stereocenters. The molecule has 0 aliphatic heterocycles. The number of rotatable bonds is 4. The van der Waals surface area contributed by atoms with Crippen molar-refractivity contribution in [1.29, 1.82) is 0 Å². The van der Waals surface area contributed by atoms with Crippen molar-refractivity contribution in [2.45, 2.75) is 9.79 Å². The largest absolute Gasteiger partial charge is 0.370 e. The number of aromatic nitrogens is 1. The lowest BCUT2D eigenvalue weighted by molar-refractivity contribution is -0.138. The molecule has 3 aromatic rings. The summed E-state index contributed by atoms with van der Waals surface area (Å²) in [5.74, 6) is 4.09. The number of nitrogens with one attached hydrogen (secondary N) is 1. The molecule has 0 aliphatic rings. The predicted octanol–water partition coefficient (Wildman–Crippen LogP) is 2.43. The minimum absolute atomic E-state index is 0.209. The summed E-state index contributed by atoms with van der Waals surface area (Å²) >= 11 is 0. The second kappa shape index (κ2) is 6.31. The summed E-state index contributed by atoms with van der Waals surface area (Å²) < 4.78 is 25.5. The number of carbonyl (C=O) groups is 1. The molecule has 0 amide bonds. The highest BCUT2D eigenvalue weighted by molar-refractivity contribution is 7.91. The van der Waals surface area contributed by atoms with Gasteiger partial charge in [-0.2, -0.15) is 5.90 Å². The fourth-order valence-corrected chi connectivity index (χ4v) is 3.82. The maximum Gasteiger partial charge on any atom is 0.349 e. The fraction of sp³-hybridized carbons (Fsp3) is 0. The van der Waals surface area contributed by atoms with Gasteiger partial charge in [0.1, 0.15) is 0 Å². The second-order valence-electron chi connectivity index (χ2n) is 5.04. The molecule has 2 aromatic carbocycles. The van der Waals surface area contributed by atoms with Crippen LogP contribution in [0.2, 0.25) is 0 Å². The standard InChI is InChI=1S/C17H14N2O4S/c18-23-17(20)9-7-12-6-8-14-15(10-12)19-11-16(14)24(21,22)13-4-2-1-3-5-13/h1-11,19H,18H2/b9-7+. The molecule has 0 atom stereocenters. The molecule has 3 rings (SSSR count). The van der Waals surface area contributed by atoms with Crippen molar-refractivity contribution < 1.29 is 18.0 Å². The van der Waals surface area contributed by atoms with Crippen LogP contribution >= 0.6 is 0 Å². The number of benzene rings is 2. The van der Waals surface area contributed by atoms with Gasteiger partial charge >= 0.3 is 5.97 Å². The number of H-pyrrole nitrogens is 1. The van der Waals surface area contributed by atoms with Gasteiger partial charge in [-0.3, -0.25) is 0 Å². The third-order valence-electron chi connectivity index (χ3n) is 3.54. The van der Waals surface area contributed by atoms with Crippen LogP contribution in [-0.2, 0) is 19.5 Å². The molecule has 0 fully saturated rings. The second-order valence-corrected chi connectivity index (χ2v) is 6.96. The number of fused-ring (bicyclic) bond motifs is 1. The Morgan fingerprint density at radius 1 is 1.12 bits per heavy atom. The number of carbonyl (C=O) groups excluding carboxylic acids is 1. The highest BCUT2D eigenvalue weighted by atomic mass is 32.2. The first-order valence-corrected chi connectivity index (χ1v) is 8.51. The summed E-state index contributed by atoms with van der Waals surface area (Å²) in [6.07, 6.45) is 4.18. The van der Waals surface area contributed by atoms with Crippen molar-refractivity contribution in [1.82, 2.24) is 4.98 Å². The highest BCUT2D eigenvalue weighted by Gasteiger charge is 2.21. The van der Waals surface area contributed by atoms with E-state index in [1.165, 1.54) is 18.3 Å². The Hall–Kier alpha value is -2.90. The van der Waals surface area contributed by atoms with Crippen LogP contribution in [0.5, 0.6) is 0 Å². The monoisotopic (exact) mass is 342 g/mol. The van der Waals surface area contributed by atoms with Gasteiger partial charge in [-0.25, -0.2) is 13.2 Å². The molecule has 24 heavy (non-hydrogen) atoms. The molecule has 0 spiro atoms. The zero-order chi connectivity index (χ0) is 17.2. The Bertz CT molecular complexity index is 1020. The third kappa shape index (κ3) is 2.94. The molecule has 0 bridgehead atoms. The summed E-state index contributed by atoms with van der Waals surface area (Å²) in [4.78, 5) is 18.5. The summed E-state index contributed by atoms with van der Waals surface area (Å²) in [7, 11) is -3.60. The van der Waals surface area contributed by atoms with E-state index in [0.29, 0.717) is 16.5 Å². The Morgan fingerprint density at radius 2 is 1.88 bits per heavy atom. The van der Waals surface area contributed by atoms with Crippen LogP contribution in [0.1, 0.15) is 5.56 Å². The van der Waals surface area contributed by atoms with Crippen molar-refractivity contribution >= 4 is 32.8 Å². The van der Waals surface area contributed by atoms with Crippen LogP contribution in [0.3, 0.4) is 0 Å². The minimum atomic E-state index is -3.60. The van der Waals surface area contributed by atoms with Gasteiger partial charge in [-0.05, 0) is 29.8 Å². The average Bonchev–Trinajstić information content (AvgIpc) is 3.04. The van der Waals surface area contributed by atoms with Crippen LogP contribution in [0, 0.1) is 0 Å². The smallest absolute Gasteiger partial charge is 0.349 e. The number of hydrogen-bond donors (Lipinski definition) is 2. The van der Waals surface area contributed by atoms with Crippen molar-refractivity contribution in [3.63, 3.8) is 0 Å². The van der Waals surface area contributed by atoms with Crippen LogP contribution in [0.4, 0.5) is 0 Å². The quantitative estimate of drug-likeness (QED) is 0.560. The number of aromatic amines is 1. The molecule has 122 valence electrons. The van der Waals surface area contributed by atoms with Crippen LogP contribution in [-0.4, -0.2) is 19.4 Å². The Kier molecular flexibility index (Phi) is 4.20. The first-order chi connectivity index (χ1) is 11.5. The fourth-order valence-electron chi connectivity index (χ4n) is 2.37. The molecule has 0 saturated heterocycles. The van der Waals surface area contributed by atoms with Gasteiger partial charge in [0.15, 0.2) is 0 Å². The summed E-state index contributed by atoms with van der Waals surface area (Å²) in [5, 5.41) is 0.581. The zero-order valence-electron chi connectivity index (χ0n) is 12.5. The van der Waals surface area contributed by atoms with E-state index < -0.39 is 15.8 Å². The molecule has 0 aliphatic carbocycles. The van der Waals surface area contributed by atoms with Crippen molar-refractivity contribution in [3.05, 3.63) is 66.4 Å². The lowest BCUT2D eigenvalue weighted by atomic mass is 10.1. The SMILES string of the molecule is NOC(=O)/C=C/c1ccc2c(S(=O)(=O)c3ccccc3)c[nH]c2c1. The molecule has 3 N–H and O–H groups in total. The molecule has 0 radical (unpaired) electrons. The highest BCUT2D eigenvalue weighted by Crippen LogP contribution is 2.28.